The molecule has 3 rings (SSSR count). The maximum Gasteiger partial charge on any atom is 0.255 e. The number of rotatable bonds is 6. The molecular formula is C21H25N3O4S. The lowest BCUT2D eigenvalue weighted by atomic mass is 10.1. The van der Waals surface area contributed by atoms with E-state index in [1.165, 1.54) is 16.4 Å². The normalized spacial score (nSPS) is 14.7. The summed E-state index contributed by atoms with van der Waals surface area (Å²) in [6, 6.07) is 12.6. The highest BCUT2D eigenvalue weighted by molar-refractivity contribution is 7.89. The van der Waals surface area contributed by atoms with Gasteiger partial charge in [0.1, 0.15) is 0 Å². The van der Waals surface area contributed by atoms with E-state index in [9.17, 15) is 18.0 Å². The third-order valence-electron chi connectivity index (χ3n) is 4.64. The number of anilines is 1. The first-order chi connectivity index (χ1) is 13.8. The number of benzene rings is 2. The number of amides is 2. The molecule has 1 aliphatic rings. The minimum absolute atomic E-state index is 0.0428. The van der Waals surface area contributed by atoms with Gasteiger partial charge in [0.15, 0.2) is 0 Å². The van der Waals surface area contributed by atoms with Crippen LogP contribution in [0.4, 0.5) is 5.69 Å². The summed E-state index contributed by atoms with van der Waals surface area (Å²) in [6.07, 6.45) is 1.68. The number of para-hydroxylation sites is 1. The Labute approximate surface area is 171 Å². The van der Waals surface area contributed by atoms with Crippen molar-refractivity contribution in [3.8, 4) is 0 Å². The largest absolute Gasteiger partial charge is 0.350 e. The van der Waals surface area contributed by atoms with Crippen LogP contribution in [0.1, 0.15) is 47.4 Å². The van der Waals surface area contributed by atoms with Crippen molar-refractivity contribution in [2.24, 2.45) is 0 Å². The van der Waals surface area contributed by atoms with Crippen LogP contribution in [-0.4, -0.2) is 43.7 Å². The molecular weight excluding hydrogens is 390 g/mol. The van der Waals surface area contributed by atoms with Crippen molar-refractivity contribution in [3.05, 3.63) is 59.7 Å². The summed E-state index contributed by atoms with van der Waals surface area (Å²) < 4.78 is 26.9. The van der Waals surface area contributed by atoms with Gasteiger partial charge in [-0.05, 0) is 57.0 Å². The molecule has 8 heteroatoms. The van der Waals surface area contributed by atoms with Gasteiger partial charge in [0, 0.05) is 24.7 Å². The first kappa shape index (κ1) is 21.0. The summed E-state index contributed by atoms with van der Waals surface area (Å²) in [4.78, 5) is 25.2. The van der Waals surface area contributed by atoms with Crippen LogP contribution in [0.15, 0.2) is 53.4 Å². The minimum Gasteiger partial charge on any atom is -0.350 e. The van der Waals surface area contributed by atoms with Gasteiger partial charge in [0.2, 0.25) is 10.0 Å². The highest BCUT2D eigenvalue weighted by Crippen LogP contribution is 2.22. The molecule has 0 saturated carbocycles. The average Bonchev–Trinajstić information content (AvgIpc) is 3.23. The lowest BCUT2D eigenvalue weighted by Gasteiger charge is -2.16. The molecule has 154 valence electrons. The zero-order valence-electron chi connectivity index (χ0n) is 16.5. The fourth-order valence-corrected chi connectivity index (χ4v) is 4.76. The minimum atomic E-state index is -3.61. The first-order valence-electron chi connectivity index (χ1n) is 9.60. The third-order valence-corrected chi connectivity index (χ3v) is 6.53. The molecule has 1 saturated heterocycles. The smallest absolute Gasteiger partial charge is 0.255 e. The highest BCUT2D eigenvalue weighted by atomic mass is 32.2. The number of carbonyl (C=O) groups is 2. The Morgan fingerprint density at radius 2 is 1.66 bits per heavy atom. The molecule has 0 bridgehead atoms. The van der Waals surface area contributed by atoms with Crippen LogP contribution in [0.5, 0.6) is 0 Å². The van der Waals surface area contributed by atoms with Crippen molar-refractivity contribution in [1.29, 1.82) is 0 Å². The summed E-state index contributed by atoms with van der Waals surface area (Å²) >= 11 is 0. The fraction of sp³-hybridized carbons (Fsp3) is 0.333. The van der Waals surface area contributed by atoms with E-state index >= 15 is 0 Å². The summed E-state index contributed by atoms with van der Waals surface area (Å²) in [5.41, 5.74) is 0.920. The lowest BCUT2D eigenvalue weighted by Crippen LogP contribution is -2.31. The van der Waals surface area contributed by atoms with Crippen LogP contribution in [0, 0.1) is 0 Å². The van der Waals surface area contributed by atoms with Crippen molar-refractivity contribution in [1.82, 2.24) is 9.62 Å². The maximum atomic E-state index is 12.8. The Balaban J connectivity index is 1.83. The molecule has 0 atom stereocenters. The molecule has 0 aromatic heterocycles. The lowest BCUT2D eigenvalue weighted by molar-refractivity contribution is 0.0944. The highest BCUT2D eigenvalue weighted by Gasteiger charge is 2.27. The van der Waals surface area contributed by atoms with E-state index in [-0.39, 0.29) is 22.4 Å². The average molecular weight is 416 g/mol. The van der Waals surface area contributed by atoms with Crippen molar-refractivity contribution in [2.75, 3.05) is 18.4 Å². The van der Waals surface area contributed by atoms with Crippen LogP contribution >= 0.6 is 0 Å². The topological polar surface area (TPSA) is 95.6 Å². The van der Waals surface area contributed by atoms with Crippen LogP contribution in [0.2, 0.25) is 0 Å². The SMILES string of the molecule is CC(C)NC(=O)c1ccccc1NC(=O)c1cccc(S(=O)(=O)N2CCCC2)c1. The van der Waals surface area contributed by atoms with E-state index in [2.05, 4.69) is 10.6 Å². The molecule has 1 aliphatic heterocycles. The number of nitrogens with zero attached hydrogens (tertiary/aromatic N) is 1. The molecule has 2 amide bonds. The Bertz CT molecular complexity index is 1010. The number of hydrogen-bond acceptors (Lipinski definition) is 4. The molecule has 0 spiro atoms. The van der Waals surface area contributed by atoms with Crippen molar-refractivity contribution in [2.45, 2.75) is 37.6 Å². The zero-order valence-corrected chi connectivity index (χ0v) is 17.3. The van der Waals surface area contributed by atoms with E-state index in [4.69, 9.17) is 0 Å². The van der Waals surface area contributed by atoms with Crippen LogP contribution < -0.4 is 10.6 Å². The molecule has 7 nitrogen and oxygen atoms in total. The number of carbonyl (C=O) groups excluding carboxylic acids is 2. The molecule has 0 unspecified atom stereocenters. The van der Waals surface area contributed by atoms with Gasteiger partial charge < -0.3 is 10.6 Å². The van der Waals surface area contributed by atoms with Gasteiger partial charge in [0.05, 0.1) is 16.1 Å². The predicted octanol–water partition coefficient (Wildman–Crippen LogP) is 2.86. The number of hydrogen-bond donors (Lipinski definition) is 2. The van der Waals surface area contributed by atoms with E-state index in [1.807, 2.05) is 13.8 Å². The molecule has 2 aromatic carbocycles. The van der Waals surface area contributed by atoms with Gasteiger partial charge in [-0.3, -0.25) is 9.59 Å². The Morgan fingerprint density at radius 1 is 0.966 bits per heavy atom. The van der Waals surface area contributed by atoms with Gasteiger partial charge in [-0.25, -0.2) is 8.42 Å². The zero-order chi connectivity index (χ0) is 21.0. The Morgan fingerprint density at radius 3 is 2.34 bits per heavy atom. The number of nitrogens with one attached hydrogen (secondary N) is 2. The number of sulfonamides is 1. The van der Waals surface area contributed by atoms with Crippen LogP contribution in [0.25, 0.3) is 0 Å². The van der Waals surface area contributed by atoms with Gasteiger partial charge >= 0.3 is 0 Å². The van der Waals surface area contributed by atoms with E-state index in [1.54, 1.807) is 36.4 Å². The molecule has 0 radical (unpaired) electrons. The molecule has 0 aliphatic carbocycles. The van der Waals surface area contributed by atoms with Crippen LogP contribution in [0.3, 0.4) is 0 Å². The van der Waals surface area contributed by atoms with E-state index in [0.717, 1.165) is 12.8 Å². The van der Waals surface area contributed by atoms with Crippen molar-refractivity contribution in [3.63, 3.8) is 0 Å². The molecule has 1 fully saturated rings. The monoisotopic (exact) mass is 415 g/mol. The molecule has 2 aromatic rings. The van der Waals surface area contributed by atoms with Gasteiger partial charge in [-0.15, -0.1) is 0 Å². The van der Waals surface area contributed by atoms with Gasteiger partial charge in [-0.1, -0.05) is 18.2 Å². The Kier molecular flexibility index (Phi) is 6.34. The van der Waals surface area contributed by atoms with Gasteiger partial charge in [0.25, 0.3) is 11.8 Å². The summed E-state index contributed by atoms with van der Waals surface area (Å²) in [5, 5.41) is 5.52. The molecule has 2 N–H and O–H groups in total. The predicted molar refractivity (Wildman–Crippen MR) is 111 cm³/mol. The summed E-state index contributed by atoms with van der Waals surface area (Å²) in [6.45, 7) is 4.70. The van der Waals surface area contributed by atoms with E-state index in [0.29, 0.717) is 24.3 Å². The maximum absolute atomic E-state index is 12.8. The Hall–Kier alpha value is -2.71. The first-order valence-corrected chi connectivity index (χ1v) is 11.0. The second-order valence-electron chi connectivity index (χ2n) is 7.27. The van der Waals surface area contributed by atoms with Crippen molar-refractivity contribution >= 4 is 27.5 Å². The quantitative estimate of drug-likeness (QED) is 0.758. The molecule has 1 heterocycles. The van der Waals surface area contributed by atoms with Crippen molar-refractivity contribution < 1.29 is 18.0 Å². The summed E-state index contributed by atoms with van der Waals surface area (Å²) in [5.74, 6) is -0.769. The second-order valence-corrected chi connectivity index (χ2v) is 9.20. The van der Waals surface area contributed by atoms with E-state index < -0.39 is 15.9 Å². The summed E-state index contributed by atoms with van der Waals surface area (Å²) in [7, 11) is -3.61. The third kappa shape index (κ3) is 4.83. The fourth-order valence-electron chi connectivity index (χ4n) is 3.20. The standard InChI is InChI=1S/C21H25N3O4S/c1-15(2)22-21(26)18-10-3-4-11-19(18)23-20(25)16-8-7-9-17(14-16)29(27,28)24-12-5-6-13-24/h3-4,7-11,14-15H,5-6,12-13H2,1-2H3,(H,22,26)(H,23,25). The second kappa shape index (κ2) is 8.75. The van der Waals surface area contributed by atoms with Gasteiger partial charge in [-0.2, -0.15) is 4.31 Å². The molecule has 29 heavy (non-hydrogen) atoms. The van der Waals surface area contributed by atoms with Crippen LogP contribution in [-0.2, 0) is 10.0 Å².